The van der Waals surface area contributed by atoms with Gasteiger partial charge in [0.15, 0.2) is 0 Å². The van der Waals surface area contributed by atoms with E-state index in [2.05, 4.69) is 348 Å². The predicted molar refractivity (Wildman–Crippen MR) is 579 cm³/mol. The molecule has 24 heteroatoms. The van der Waals surface area contributed by atoms with Crippen molar-refractivity contribution in [3.63, 3.8) is 0 Å². The summed E-state index contributed by atoms with van der Waals surface area (Å²) in [6.45, 7) is 18.8. The predicted octanol–water partition coefficient (Wildman–Crippen LogP) is 23.2. The van der Waals surface area contributed by atoms with E-state index in [1.807, 2.05) is 139 Å². The Morgan fingerprint density at radius 1 is 0.301 bits per heavy atom. The molecule has 18 aliphatic rings. The van der Waals surface area contributed by atoms with E-state index >= 15 is 0 Å². The lowest BCUT2D eigenvalue weighted by atomic mass is 9.98. The number of hydrogen-bond acceptors (Lipinski definition) is 12. The number of furan rings is 4. The number of nitrogens with zero attached hydrogens (tertiary/aromatic N) is 12. The van der Waals surface area contributed by atoms with Crippen molar-refractivity contribution >= 4 is 229 Å². The Labute approximate surface area is 847 Å². The summed E-state index contributed by atoms with van der Waals surface area (Å²) in [5.74, 6) is 0.976. The van der Waals surface area contributed by atoms with Crippen LogP contribution < -0.4 is 32.1 Å². The summed E-state index contributed by atoms with van der Waals surface area (Å²) in [6.07, 6.45) is 35.5. The molecule has 0 N–H and O–H groups in total. The molecule has 18 aromatic rings. The molecule has 36 heterocycles. The summed E-state index contributed by atoms with van der Waals surface area (Å²) in [7, 11) is 0. The molecule has 678 valence electrons. The second-order valence-electron chi connectivity index (χ2n) is 38.9. The summed E-state index contributed by atoms with van der Waals surface area (Å²) in [5, 5.41) is 25.0. The number of thiophene rings is 8. The largest absolute Gasteiger partial charge is 0.553 e. The van der Waals surface area contributed by atoms with Gasteiger partial charge in [0.05, 0.1) is 125 Å². The van der Waals surface area contributed by atoms with E-state index < -0.39 is 17.7 Å². The first-order valence-corrected chi connectivity index (χ1v) is 55.1. The fourth-order valence-electron chi connectivity index (χ4n) is 27.1. The second kappa shape index (κ2) is 27.2. The topological polar surface area (TPSA) is 100 Å². The van der Waals surface area contributed by atoms with Crippen LogP contribution in [0.15, 0.2) is 325 Å². The van der Waals surface area contributed by atoms with Gasteiger partial charge in [-0.1, -0.05) is 76.0 Å². The van der Waals surface area contributed by atoms with Gasteiger partial charge in [-0.25, -0.2) is 0 Å². The van der Waals surface area contributed by atoms with Crippen molar-refractivity contribution < 1.29 is 45.1 Å². The van der Waals surface area contributed by atoms with Gasteiger partial charge in [-0.05, 0) is 231 Å². The van der Waals surface area contributed by atoms with Gasteiger partial charge in [0.25, 0.3) is 0 Å². The molecule has 0 saturated heterocycles. The fourth-order valence-corrected chi connectivity index (χ4v) is 33.4. The molecule has 36 rings (SSSR count). The zero-order chi connectivity index (χ0) is 94.0. The average Bonchev–Trinajstić information content (AvgIpc) is 1.47. The number of rotatable bonds is 12. The van der Waals surface area contributed by atoms with E-state index in [0.717, 1.165) is 90.2 Å². The molecule has 18 aromatic heterocycles. The van der Waals surface area contributed by atoms with Crippen LogP contribution in [-0.4, -0.2) is 89.1 Å². The van der Waals surface area contributed by atoms with Gasteiger partial charge in [0.2, 0.25) is 68.5 Å². The zero-order valence-electron chi connectivity index (χ0n) is 77.8. The van der Waals surface area contributed by atoms with Gasteiger partial charge in [0, 0.05) is 179 Å². The van der Waals surface area contributed by atoms with E-state index in [4.69, 9.17) is 17.7 Å². The van der Waals surface area contributed by atoms with Crippen LogP contribution in [0.4, 0.5) is 0 Å². The van der Waals surface area contributed by atoms with Crippen LogP contribution in [0.2, 0.25) is 0 Å². The van der Waals surface area contributed by atoms with Gasteiger partial charge in [0.1, 0.15) is 23.0 Å². The van der Waals surface area contributed by atoms with Gasteiger partial charge in [-0.3, -0.25) is 0 Å². The molecule has 3 atom stereocenters. The summed E-state index contributed by atoms with van der Waals surface area (Å²) in [6, 6.07) is 61.3. The molecular weight excluding hydrogens is 1920 g/mol. The molecule has 0 aliphatic carbocycles. The van der Waals surface area contributed by atoms with Crippen molar-refractivity contribution in [2.45, 2.75) is 73.1 Å². The molecule has 0 amide bonds. The fraction of sp³-hybridized carbons (Fsp3) is 0.0924. The highest BCUT2D eigenvalue weighted by atomic mass is 32.1. The van der Waals surface area contributed by atoms with Gasteiger partial charge in [-0.2, -0.15) is 27.4 Å². The average molecular weight is 1990 g/mol. The van der Waals surface area contributed by atoms with Crippen molar-refractivity contribution in [2.75, 3.05) is 0 Å². The van der Waals surface area contributed by atoms with Crippen LogP contribution in [0.3, 0.4) is 0 Å². The van der Waals surface area contributed by atoms with Crippen molar-refractivity contribution in [2.24, 2.45) is 0 Å². The molecule has 143 heavy (non-hydrogen) atoms. The summed E-state index contributed by atoms with van der Waals surface area (Å²) >= 11 is 14.7. The van der Waals surface area contributed by atoms with Gasteiger partial charge >= 0.3 is 17.7 Å². The summed E-state index contributed by atoms with van der Waals surface area (Å²) in [5.41, 5.74) is 47.4. The van der Waals surface area contributed by atoms with Crippen LogP contribution in [0, 0.1) is 13.8 Å². The molecule has 16 nitrogen and oxygen atoms in total. The minimum absolute atomic E-state index is 0.723. The lowest BCUT2D eigenvalue weighted by Crippen LogP contribution is -2.71. The third-order valence-corrected chi connectivity index (χ3v) is 39.6. The Balaban J connectivity index is 0.0000000929. The highest BCUT2D eigenvalue weighted by Gasteiger charge is 2.78. The van der Waals surface area contributed by atoms with Crippen LogP contribution >= 0.6 is 90.7 Å². The van der Waals surface area contributed by atoms with E-state index in [1.54, 1.807) is 25.1 Å². The standard InChI is InChI=1S/2C41H28N4S4.C37H20N4O4/c1-21-29-17-26(34-10-6-14-47-34)38-23(3)31-19-28(36-12-8-16-49-36)40-24(4)32-20-27(35-11-7-15-48-35)39-22(2)30-18-25(33-9-5-13-46-33)37(21)43(30)41(42(29)38,44(31)40)45(32)39;1-21-25-17-30-38(34-10-6-14-47-34)23(3)27-19-32-40(36-12-8-16-49-36)24(4)28-20-31-39(35-11-7-15-48-35)22(2)26-18-29(37(21)33-9-5-13-46-33)42(25)41(43(27)30,44(26)31)45(28)32;1-5-33(42-9-1)25-13-21-18-30-27(35-7-3-11-44-35)15-23-20-32-28(36-8-4-12-45-36)16-24-19-31-26(34-6-2-10-43-34)14-22-17-29(25)38(21)37(39(22)31,40(23)30)41(24)32/h2*5-20H,1-4H3;1-20H/q3*+2. The van der Waals surface area contributed by atoms with Crippen molar-refractivity contribution in [1.29, 1.82) is 0 Å². The van der Waals surface area contributed by atoms with Crippen molar-refractivity contribution in [3.8, 4) is 64.4 Å². The lowest BCUT2D eigenvalue weighted by molar-refractivity contribution is -0.834. The third-order valence-electron chi connectivity index (χ3n) is 32.4. The maximum absolute atomic E-state index is 6.03. The number of hydrogen-bond donors (Lipinski definition) is 0. The summed E-state index contributed by atoms with van der Waals surface area (Å²) < 4.78 is 55.6. The Morgan fingerprint density at radius 3 is 1.55 bits per heavy atom. The molecule has 0 bridgehead atoms. The third kappa shape index (κ3) is 9.25. The number of aromatic nitrogens is 6. The van der Waals surface area contributed by atoms with Gasteiger partial charge in [-0.15, -0.1) is 90.7 Å². The quantitative estimate of drug-likeness (QED) is 0.114. The van der Waals surface area contributed by atoms with Crippen molar-refractivity contribution in [3.05, 3.63) is 416 Å². The zero-order valence-corrected chi connectivity index (χ0v) is 84.3. The van der Waals surface area contributed by atoms with Crippen molar-refractivity contribution in [1.82, 2.24) is 27.4 Å². The molecule has 3 spiro atoms. The Kier molecular flexibility index (Phi) is 15.1. The molecule has 0 fully saturated rings. The maximum Gasteiger partial charge on any atom is 0.553 e. The SMILES string of the molecule is C1=C(c2ccco2)C2=Cc3cc(-c4ccco4)c4n3C35n6c(cc(-c7ccco7)c6=CC1=[N+]23)=CC1=[N+]5C(=C4)C=C1c1ccco1.CC1=C(c2cccs2)C2=Cc3c(C)c(-c4cccs4)c4n3C35n6c(c(C)c(-c7cccs7)c6=CC1=[N+]23)=CC1=[N+]5C(=C4)C(C)=C1c1cccs1.CC1=C2C(c3cccs3)=CC3=[N+]2C24n5c1cc(-c1cccs1)c5C(C)=C1C=C(c5cccs5)C(=[N+]12)C(C)=c1cc(-c2cccs2)c(n14)=C3C. The Bertz CT molecular complexity index is 10300. The first-order valence-electron chi connectivity index (χ1n) is 48.0. The minimum Gasteiger partial charge on any atom is -0.464 e. The van der Waals surface area contributed by atoms with E-state index in [9.17, 15) is 0 Å². The van der Waals surface area contributed by atoms with E-state index in [-0.39, 0.29) is 0 Å². The molecule has 0 aromatic carbocycles. The monoisotopic (exact) mass is 1990 g/mol. The van der Waals surface area contributed by atoms with Crippen LogP contribution in [-0.2, 0) is 17.7 Å². The lowest BCUT2D eigenvalue weighted by Gasteiger charge is -2.40. The summed E-state index contributed by atoms with van der Waals surface area (Å²) in [4.78, 5) is 10.5. The highest BCUT2D eigenvalue weighted by molar-refractivity contribution is 7.15. The Hall–Kier alpha value is -15.5. The van der Waals surface area contributed by atoms with Gasteiger partial charge < -0.3 is 17.7 Å². The first-order chi connectivity index (χ1) is 70.3. The van der Waals surface area contributed by atoms with E-state index in [0.29, 0.717) is 0 Å². The van der Waals surface area contributed by atoms with E-state index in [1.165, 1.54) is 218 Å². The molecular formula is C119H76N12O4S8+6. The maximum atomic E-state index is 6.03. The highest BCUT2D eigenvalue weighted by Crippen LogP contribution is 2.62. The smallest absolute Gasteiger partial charge is 0.464 e. The Morgan fingerprint density at radius 2 is 0.881 bits per heavy atom. The van der Waals surface area contributed by atoms with Crippen LogP contribution in [0.5, 0.6) is 0 Å². The molecule has 18 aliphatic heterocycles. The number of allylic oxidation sites excluding steroid dienone is 14. The molecule has 0 radical (unpaired) electrons. The minimum atomic E-state index is -0.872. The normalized spacial score (nSPS) is 20.8. The molecule has 0 saturated carbocycles. The molecule has 3 unspecified atom stereocenters. The first kappa shape index (κ1) is 79.2. The van der Waals surface area contributed by atoms with Crippen LogP contribution in [0.1, 0.15) is 118 Å². The van der Waals surface area contributed by atoms with Crippen LogP contribution in [0.25, 0.3) is 169 Å². The second-order valence-corrected chi connectivity index (χ2v) is 46.5.